The van der Waals surface area contributed by atoms with Crippen molar-refractivity contribution in [2.45, 2.75) is 18.4 Å². The molecule has 3 aromatic carbocycles. The van der Waals surface area contributed by atoms with Crippen LogP contribution in [0.4, 0.5) is 10.1 Å². The van der Waals surface area contributed by atoms with Crippen molar-refractivity contribution in [2.24, 2.45) is 0 Å². The largest absolute Gasteiger partial charge is 0.484 e. The summed E-state index contributed by atoms with van der Waals surface area (Å²) < 4.78 is 45.9. The first-order chi connectivity index (χ1) is 14.3. The molecule has 0 aliphatic heterocycles. The number of ether oxygens (including phenoxy) is 1. The topological polar surface area (TPSA) is 84.5 Å². The van der Waals surface area contributed by atoms with Crippen LogP contribution < -0.4 is 14.8 Å². The van der Waals surface area contributed by atoms with Crippen molar-refractivity contribution in [3.63, 3.8) is 0 Å². The van der Waals surface area contributed by atoms with E-state index in [-0.39, 0.29) is 29.8 Å². The lowest BCUT2D eigenvalue weighted by molar-refractivity contribution is -0.123. The van der Waals surface area contributed by atoms with E-state index in [4.69, 9.17) is 4.74 Å². The molecule has 0 unspecified atom stereocenters. The van der Waals surface area contributed by atoms with Gasteiger partial charge in [0.05, 0.1) is 10.6 Å². The van der Waals surface area contributed by atoms with Gasteiger partial charge in [-0.05, 0) is 60.5 Å². The molecule has 3 rings (SSSR count). The van der Waals surface area contributed by atoms with Crippen LogP contribution in [0.2, 0.25) is 0 Å². The number of rotatable bonds is 8. The molecule has 0 aliphatic carbocycles. The molecule has 8 heteroatoms. The number of nitrogens with one attached hydrogen (secondary N) is 2. The minimum atomic E-state index is -3.74. The van der Waals surface area contributed by atoms with Gasteiger partial charge in [0.15, 0.2) is 6.61 Å². The maximum atomic E-state index is 12.9. The highest BCUT2D eigenvalue weighted by Crippen LogP contribution is 2.21. The molecule has 6 nitrogen and oxygen atoms in total. The molecule has 0 aliphatic rings. The van der Waals surface area contributed by atoms with Gasteiger partial charge in [0.2, 0.25) is 0 Å². The third kappa shape index (κ3) is 5.81. The van der Waals surface area contributed by atoms with Gasteiger partial charge >= 0.3 is 0 Å². The number of carbonyl (C=O) groups excluding carboxylic acids is 1. The predicted octanol–water partition coefficient (Wildman–Crippen LogP) is 3.63. The van der Waals surface area contributed by atoms with Gasteiger partial charge in [-0.1, -0.05) is 30.3 Å². The molecule has 0 spiro atoms. The lowest BCUT2D eigenvalue weighted by atomic mass is 10.2. The fourth-order valence-corrected chi connectivity index (χ4v) is 3.74. The highest BCUT2D eigenvalue weighted by Gasteiger charge is 2.15. The molecule has 0 atom stereocenters. The summed E-state index contributed by atoms with van der Waals surface area (Å²) in [6.45, 7) is 1.84. The van der Waals surface area contributed by atoms with Crippen molar-refractivity contribution in [1.29, 1.82) is 0 Å². The molecule has 0 heterocycles. The van der Waals surface area contributed by atoms with Gasteiger partial charge in [0.1, 0.15) is 11.6 Å². The average molecular weight is 428 g/mol. The van der Waals surface area contributed by atoms with Gasteiger partial charge in [-0.25, -0.2) is 12.8 Å². The molecule has 0 bridgehead atoms. The number of anilines is 1. The summed E-state index contributed by atoms with van der Waals surface area (Å²) in [6, 6.07) is 18.7. The molecule has 0 saturated carbocycles. The summed E-state index contributed by atoms with van der Waals surface area (Å²) >= 11 is 0. The zero-order valence-electron chi connectivity index (χ0n) is 16.3. The smallest absolute Gasteiger partial charge is 0.261 e. The Balaban J connectivity index is 1.53. The van der Waals surface area contributed by atoms with Crippen LogP contribution in [-0.2, 0) is 21.4 Å². The first kappa shape index (κ1) is 21.3. The van der Waals surface area contributed by atoms with Gasteiger partial charge in [-0.15, -0.1) is 0 Å². The number of aryl methyl sites for hydroxylation is 1. The molecule has 0 radical (unpaired) electrons. The zero-order valence-corrected chi connectivity index (χ0v) is 17.1. The van der Waals surface area contributed by atoms with Gasteiger partial charge in [-0.3, -0.25) is 9.52 Å². The predicted molar refractivity (Wildman–Crippen MR) is 112 cm³/mol. The molecule has 0 fully saturated rings. The number of halogens is 1. The lowest BCUT2D eigenvalue weighted by Gasteiger charge is -2.11. The Bertz CT molecular complexity index is 1110. The highest BCUT2D eigenvalue weighted by atomic mass is 32.2. The van der Waals surface area contributed by atoms with Crippen molar-refractivity contribution in [3.05, 3.63) is 89.7 Å². The molecular weight excluding hydrogens is 407 g/mol. The second-order valence-corrected chi connectivity index (χ2v) is 8.27. The number of amides is 1. The van der Waals surface area contributed by atoms with E-state index < -0.39 is 10.0 Å². The van der Waals surface area contributed by atoms with Crippen LogP contribution >= 0.6 is 0 Å². The van der Waals surface area contributed by atoms with Gasteiger partial charge in [0.25, 0.3) is 15.9 Å². The number of sulfonamides is 1. The van der Waals surface area contributed by atoms with Crippen LogP contribution in [-0.4, -0.2) is 20.9 Å². The Morgan fingerprint density at radius 3 is 2.30 bits per heavy atom. The monoisotopic (exact) mass is 428 g/mol. The Morgan fingerprint density at radius 1 is 0.967 bits per heavy atom. The summed E-state index contributed by atoms with van der Waals surface area (Å²) in [5, 5.41) is 2.66. The Kier molecular flexibility index (Phi) is 6.68. The Hall–Kier alpha value is -3.39. The van der Waals surface area contributed by atoms with E-state index in [9.17, 15) is 17.6 Å². The van der Waals surface area contributed by atoms with E-state index in [0.29, 0.717) is 11.4 Å². The zero-order chi connectivity index (χ0) is 21.6. The van der Waals surface area contributed by atoms with Crippen molar-refractivity contribution in [1.82, 2.24) is 5.32 Å². The van der Waals surface area contributed by atoms with E-state index in [1.165, 1.54) is 36.4 Å². The van der Waals surface area contributed by atoms with Crippen molar-refractivity contribution in [3.8, 4) is 5.75 Å². The maximum Gasteiger partial charge on any atom is 0.261 e. The molecule has 2 N–H and O–H groups in total. The quantitative estimate of drug-likeness (QED) is 0.574. The van der Waals surface area contributed by atoms with Crippen LogP contribution in [0.15, 0.2) is 77.7 Å². The number of carbonyl (C=O) groups is 1. The van der Waals surface area contributed by atoms with Gasteiger partial charge < -0.3 is 10.1 Å². The third-order valence-electron chi connectivity index (χ3n) is 4.30. The van der Waals surface area contributed by atoms with Crippen LogP contribution in [0.25, 0.3) is 0 Å². The third-order valence-corrected chi connectivity index (χ3v) is 5.68. The Morgan fingerprint density at radius 2 is 1.63 bits per heavy atom. The van der Waals surface area contributed by atoms with E-state index >= 15 is 0 Å². The van der Waals surface area contributed by atoms with Crippen LogP contribution in [0, 0.1) is 12.7 Å². The fourth-order valence-electron chi connectivity index (χ4n) is 2.61. The standard InChI is InChI=1S/C22H21FN2O4S/c1-16-4-2-3-5-21(16)25-30(27,28)20-12-10-19(11-13-20)29-15-22(26)24-14-17-6-8-18(23)9-7-17/h2-13,25H,14-15H2,1H3,(H,24,26). The maximum absolute atomic E-state index is 12.9. The highest BCUT2D eigenvalue weighted by molar-refractivity contribution is 7.92. The fraction of sp³-hybridized carbons (Fsp3) is 0.136. The summed E-state index contributed by atoms with van der Waals surface area (Å²) in [5.74, 6) is -0.327. The van der Waals surface area contributed by atoms with Crippen LogP contribution in [0.1, 0.15) is 11.1 Å². The normalized spacial score (nSPS) is 11.0. The summed E-state index contributed by atoms with van der Waals surface area (Å²) in [4.78, 5) is 12.0. The lowest BCUT2D eigenvalue weighted by Crippen LogP contribution is -2.28. The molecule has 0 saturated heterocycles. The summed E-state index contributed by atoms with van der Waals surface area (Å²) in [6.07, 6.45) is 0. The van der Waals surface area contributed by atoms with Crippen molar-refractivity contribution < 1.29 is 22.3 Å². The van der Waals surface area contributed by atoms with Crippen LogP contribution in [0.3, 0.4) is 0 Å². The molecule has 3 aromatic rings. The van der Waals surface area contributed by atoms with Crippen molar-refractivity contribution >= 4 is 21.6 Å². The second kappa shape index (κ2) is 9.41. The number of para-hydroxylation sites is 1. The first-order valence-electron chi connectivity index (χ1n) is 9.16. The van der Waals surface area contributed by atoms with Crippen molar-refractivity contribution in [2.75, 3.05) is 11.3 Å². The van der Waals surface area contributed by atoms with E-state index in [2.05, 4.69) is 10.0 Å². The number of benzene rings is 3. The minimum Gasteiger partial charge on any atom is -0.484 e. The molecule has 0 aromatic heterocycles. The molecule has 1 amide bonds. The molecular formula is C22H21FN2O4S. The average Bonchev–Trinajstić information content (AvgIpc) is 2.74. The number of hydrogen-bond donors (Lipinski definition) is 2. The van der Waals surface area contributed by atoms with E-state index in [1.54, 1.807) is 24.3 Å². The first-order valence-corrected chi connectivity index (χ1v) is 10.6. The summed E-state index contributed by atoms with van der Waals surface area (Å²) in [7, 11) is -3.74. The van der Waals surface area contributed by atoms with Gasteiger partial charge in [-0.2, -0.15) is 0 Å². The second-order valence-electron chi connectivity index (χ2n) is 6.58. The SMILES string of the molecule is Cc1ccccc1NS(=O)(=O)c1ccc(OCC(=O)NCc2ccc(F)cc2)cc1. The Labute approximate surface area is 174 Å². The van der Waals surface area contributed by atoms with E-state index in [1.807, 2.05) is 19.1 Å². The molecule has 156 valence electrons. The molecule has 30 heavy (non-hydrogen) atoms. The van der Waals surface area contributed by atoms with Crippen LogP contribution in [0.5, 0.6) is 5.75 Å². The summed E-state index contributed by atoms with van der Waals surface area (Å²) in [5.41, 5.74) is 2.09. The minimum absolute atomic E-state index is 0.0823. The number of hydrogen-bond acceptors (Lipinski definition) is 4. The van der Waals surface area contributed by atoms with Gasteiger partial charge in [0, 0.05) is 6.54 Å². The van der Waals surface area contributed by atoms with E-state index in [0.717, 1.165) is 11.1 Å².